The number of aromatic nitrogens is 1. The van der Waals surface area contributed by atoms with Crippen LogP contribution in [0.3, 0.4) is 0 Å². The molecule has 0 aliphatic carbocycles. The monoisotopic (exact) mass is 212 g/mol. The molecule has 0 radical (unpaired) electrons. The van der Waals surface area contributed by atoms with E-state index in [0.717, 1.165) is 5.69 Å². The van der Waals surface area contributed by atoms with E-state index >= 15 is 0 Å². The molecule has 0 atom stereocenters. The van der Waals surface area contributed by atoms with Crippen LogP contribution in [-0.2, 0) is 0 Å². The second kappa shape index (κ2) is 4.57. The van der Waals surface area contributed by atoms with Crippen LogP contribution >= 0.6 is 0 Å². The highest BCUT2D eigenvalue weighted by molar-refractivity contribution is 6.05. The van der Waals surface area contributed by atoms with Gasteiger partial charge in [-0.05, 0) is 24.3 Å². The lowest BCUT2D eigenvalue weighted by molar-refractivity contribution is 0.0993. The number of rotatable bonds is 2. The van der Waals surface area contributed by atoms with Crippen molar-refractivity contribution >= 4 is 11.6 Å². The Labute approximate surface area is 94.4 Å². The molecule has 0 fully saturated rings. The fourth-order valence-electron chi connectivity index (χ4n) is 1.44. The third kappa shape index (κ3) is 2.08. The zero-order chi connectivity index (χ0) is 11.4. The molecule has 0 aliphatic heterocycles. The second-order valence-electron chi connectivity index (χ2n) is 3.44. The molecule has 0 N–H and O–H groups in total. The first-order valence-electron chi connectivity index (χ1n) is 5.02. The first kappa shape index (κ1) is 10.4. The van der Waals surface area contributed by atoms with E-state index in [9.17, 15) is 4.79 Å². The molecule has 80 valence electrons. The lowest BCUT2D eigenvalue weighted by atomic mass is 10.2. The molecule has 0 saturated heterocycles. The minimum absolute atomic E-state index is 0.0337. The average Bonchev–Trinajstić information content (AvgIpc) is 2.39. The smallest absolute Gasteiger partial charge is 0.258 e. The van der Waals surface area contributed by atoms with E-state index in [1.807, 2.05) is 30.3 Å². The molecule has 16 heavy (non-hydrogen) atoms. The highest BCUT2D eigenvalue weighted by Gasteiger charge is 2.12. The lowest BCUT2D eigenvalue weighted by Crippen LogP contribution is -2.26. The van der Waals surface area contributed by atoms with Gasteiger partial charge in [0.25, 0.3) is 5.91 Å². The van der Waals surface area contributed by atoms with Crippen molar-refractivity contribution in [3.63, 3.8) is 0 Å². The van der Waals surface area contributed by atoms with Crippen molar-refractivity contribution in [1.82, 2.24) is 4.98 Å². The van der Waals surface area contributed by atoms with Crippen molar-refractivity contribution in [2.24, 2.45) is 0 Å². The van der Waals surface area contributed by atoms with Gasteiger partial charge in [0.1, 0.15) is 0 Å². The highest BCUT2D eigenvalue weighted by Crippen LogP contribution is 2.13. The molecule has 1 heterocycles. The van der Waals surface area contributed by atoms with Gasteiger partial charge in [0.15, 0.2) is 0 Å². The van der Waals surface area contributed by atoms with E-state index in [1.165, 1.54) is 0 Å². The van der Waals surface area contributed by atoms with Crippen LogP contribution in [0.2, 0.25) is 0 Å². The maximum atomic E-state index is 12.0. The summed E-state index contributed by atoms with van der Waals surface area (Å²) in [5.74, 6) is -0.0337. The lowest BCUT2D eigenvalue weighted by Gasteiger charge is -2.16. The molecule has 2 aromatic rings. The normalized spacial score (nSPS) is 9.81. The van der Waals surface area contributed by atoms with E-state index < -0.39 is 0 Å². The SMILES string of the molecule is CN(C(=O)c1ccccc1)c1cccnc1. The van der Waals surface area contributed by atoms with Gasteiger partial charge in [-0.25, -0.2) is 0 Å². The molecule has 0 saturated carbocycles. The summed E-state index contributed by atoms with van der Waals surface area (Å²) < 4.78 is 0. The van der Waals surface area contributed by atoms with Crippen molar-refractivity contribution in [2.75, 3.05) is 11.9 Å². The van der Waals surface area contributed by atoms with Crippen LogP contribution < -0.4 is 4.90 Å². The van der Waals surface area contributed by atoms with Gasteiger partial charge >= 0.3 is 0 Å². The van der Waals surface area contributed by atoms with E-state index in [4.69, 9.17) is 0 Å². The Morgan fingerprint density at radius 2 is 1.88 bits per heavy atom. The van der Waals surface area contributed by atoms with Crippen molar-refractivity contribution < 1.29 is 4.79 Å². The summed E-state index contributed by atoms with van der Waals surface area (Å²) >= 11 is 0. The molecule has 1 aromatic carbocycles. The van der Waals surface area contributed by atoms with Crippen molar-refractivity contribution in [1.29, 1.82) is 0 Å². The quantitative estimate of drug-likeness (QED) is 0.765. The van der Waals surface area contributed by atoms with Crippen molar-refractivity contribution in [2.45, 2.75) is 0 Å². The van der Waals surface area contributed by atoms with Gasteiger partial charge in [0.2, 0.25) is 0 Å². The first-order chi connectivity index (χ1) is 7.79. The average molecular weight is 212 g/mol. The van der Waals surface area contributed by atoms with E-state index in [1.54, 1.807) is 36.5 Å². The first-order valence-corrected chi connectivity index (χ1v) is 5.02. The van der Waals surface area contributed by atoms with Gasteiger partial charge in [0.05, 0.1) is 11.9 Å². The Morgan fingerprint density at radius 3 is 2.50 bits per heavy atom. The zero-order valence-corrected chi connectivity index (χ0v) is 9.00. The zero-order valence-electron chi connectivity index (χ0n) is 9.00. The van der Waals surface area contributed by atoms with Crippen LogP contribution in [-0.4, -0.2) is 17.9 Å². The van der Waals surface area contributed by atoms with Crippen LogP contribution in [0, 0.1) is 0 Å². The maximum Gasteiger partial charge on any atom is 0.258 e. The number of anilines is 1. The Hall–Kier alpha value is -2.16. The predicted molar refractivity (Wildman–Crippen MR) is 63.4 cm³/mol. The molecule has 1 amide bonds. The van der Waals surface area contributed by atoms with Gasteiger partial charge in [0, 0.05) is 18.8 Å². The Kier molecular flexibility index (Phi) is 2.96. The Morgan fingerprint density at radius 1 is 1.12 bits per heavy atom. The van der Waals surface area contributed by atoms with Gasteiger partial charge in [-0.15, -0.1) is 0 Å². The Balaban J connectivity index is 2.24. The molecule has 2 rings (SSSR count). The third-order valence-corrected chi connectivity index (χ3v) is 2.36. The fourth-order valence-corrected chi connectivity index (χ4v) is 1.44. The molecule has 0 bridgehead atoms. The van der Waals surface area contributed by atoms with Crippen LogP contribution in [0.5, 0.6) is 0 Å². The summed E-state index contributed by atoms with van der Waals surface area (Å²) in [5, 5.41) is 0. The third-order valence-electron chi connectivity index (χ3n) is 2.36. The predicted octanol–water partition coefficient (Wildman–Crippen LogP) is 2.36. The van der Waals surface area contributed by atoms with Crippen molar-refractivity contribution in [3.05, 3.63) is 60.4 Å². The summed E-state index contributed by atoms with van der Waals surface area (Å²) in [6.45, 7) is 0. The van der Waals surface area contributed by atoms with Gasteiger partial charge in [-0.3, -0.25) is 9.78 Å². The van der Waals surface area contributed by atoms with E-state index in [-0.39, 0.29) is 5.91 Å². The highest BCUT2D eigenvalue weighted by atomic mass is 16.2. The number of hydrogen-bond donors (Lipinski definition) is 0. The largest absolute Gasteiger partial charge is 0.310 e. The minimum atomic E-state index is -0.0337. The minimum Gasteiger partial charge on any atom is -0.310 e. The summed E-state index contributed by atoms with van der Waals surface area (Å²) in [6, 6.07) is 12.9. The summed E-state index contributed by atoms with van der Waals surface area (Å²) in [5.41, 5.74) is 1.46. The summed E-state index contributed by atoms with van der Waals surface area (Å²) in [4.78, 5) is 17.6. The molecule has 0 aliphatic rings. The Bertz CT molecular complexity index is 468. The fraction of sp³-hybridized carbons (Fsp3) is 0.0769. The van der Waals surface area contributed by atoms with Gasteiger partial charge in [-0.1, -0.05) is 18.2 Å². The summed E-state index contributed by atoms with van der Waals surface area (Å²) in [6.07, 6.45) is 3.35. The maximum absolute atomic E-state index is 12.0. The standard InChI is InChI=1S/C13H12N2O/c1-15(12-8-5-9-14-10-12)13(16)11-6-3-2-4-7-11/h2-10H,1H3. The number of benzene rings is 1. The van der Waals surface area contributed by atoms with Gasteiger partial charge in [-0.2, -0.15) is 0 Å². The summed E-state index contributed by atoms with van der Waals surface area (Å²) in [7, 11) is 1.74. The topological polar surface area (TPSA) is 33.2 Å². The van der Waals surface area contributed by atoms with E-state index in [2.05, 4.69) is 4.98 Å². The van der Waals surface area contributed by atoms with Crippen molar-refractivity contribution in [3.8, 4) is 0 Å². The number of carbonyl (C=O) groups excluding carboxylic acids is 1. The molecule has 3 nitrogen and oxygen atoms in total. The molecule has 0 spiro atoms. The number of amides is 1. The number of hydrogen-bond acceptors (Lipinski definition) is 2. The molecule has 1 aromatic heterocycles. The number of pyridine rings is 1. The molecule has 3 heteroatoms. The van der Waals surface area contributed by atoms with Crippen LogP contribution in [0.15, 0.2) is 54.9 Å². The number of carbonyl (C=O) groups is 1. The molecule has 0 unspecified atom stereocenters. The van der Waals surface area contributed by atoms with Gasteiger partial charge < -0.3 is 4.90 Å². The van der Waals surface area contributed by atoms with Crippen LogP contribution in [0.25, 0.3) is 0 Å². The van der Waals surface area contributed by atoms with Crippen LogP contribution in [0.4, 0.5) is 5.69 Å². The van der Waals surface area contributed by atoms with E-state index in [0.29, 0.717) is 5.56 Å². The van der Waals surface area contributed by atoms with Crippen LogP contribution in [0.1, 0.15) is 10.4 Å². The number of nitrogens with zero attached hydrogens (tertiary/aromatic N) is 2. The molecular weight excluding hydrogens is 200 g/mol. The molecular formula is C13H12N2O. The second-order valence-corrected chi connectivity index (χ2v) is 3.44.